The van der Waals surface area contributed by atoms with Gasteiger partial charge in [-0.15, -0.1) is 0 Å². The largest absolute Gasteiger partial charge is 0.352 e. The number of hydrogen-bond acceptors (Lipinski definition) is 5. The predicted octanol–water partition coefficient (Wildman–Crippen LogP) is 0.681. The van der Waals surface area contributed by atoms with Crippen molar-refractivity contribution in [2.24, 2.45) is 0 Å². The number of carbonyl (C=O) groups is 3. The smallest absolute Gasteiger partial charge is 0.252 e. The maximum absolute atomic E-state index is 12.5. The average Bonchev–Trinajstić information content (AvgIpc) is 3.20. The average molecular weight is 378 g/mol. The van der Waals surface area contributed by atoms with Gasteiger partial charge in [0.15, 0.2) is 0 Å². The summed E-state index contributed by atoms with van der Waals surface area (Å²) in [5, 5.41) is 9.61. The lowest BCUT2D eigenvalue weighted by Gasteiger charge is -2.41. The van der Waals surface area contributed by atoms with Crippen LogP contribution in [0.25, 0.3) is 0 Å². The maximum atomic E-state index is 12.5. The van der Waals surface area contributed by atoms with Crippen molar-refractivity contribution in [3.8, 4) is 0 Å². The number of hydrogen-bond donors (Lipinski definition) is 2. The minimum absolute atomic E-state index is 0.0889. The van der Waals surface area contributed by atoms with Crippen LogP contribution in [-0.4, -0.2) is 72.8 Å². The molecule has 142 valence electrons. The zero-order valence-electron chi connectivity index (χ0n) is 14.9. The summed E-state index contributed by atoms with van der Waals surface area (Å²) < 4.78 is 0. The van der Waals surface area contributed by atoms with Gasteiger partial charge >= 0.3 is 0 Å². The number of rotatable bonds is 6. The van der Waals surface area contributed by atoms with Crippen LogP contribution in [0.3, 0.4) is 0 Å². The quantitative estimate of drug-likeness (QED) is 0.714. The molecular formula is C18H26N4O3S. The Morgan fingerprint density at radius 2 is 2.23 bits per heavy atom. The molecule has 2 N–H and O–H groups in total. The van der Waals surface area contributed by atoms with Crippen molar-refractivity contribution in [2.45, 2.75) is 31.7 Å². The molecule has 1 aromatic heterocycles. The molecule has 2 aliphatic heterocycles. The van der Waals surface area contributed by atoms with Gasteiger partial charge in [-0.05, 0) is 30.7 Å². The molecular weight excluding hydrogens is 352 g/mol. The molecule has 2 aliphatic rings. The second-order valence-electron chi connectivity index (χ2n) is 6.77. The zero-order chi connectivity index (χ0) is 18.4. The van der Waals surface area contributed by atoms with E-state index in [1.54, 1.807) is 6.07 Å². The number of piperazine rings is 1. The second-order valence-corrected chi connectivity index (χ2v) is 7.55. The van der Waals surface area contributed by atoms with Crippen LogP contribution in [-0.2, 0) is 9.59 Å². The molecule has 8 heteroatoms. The van der Waals surface area contributed by atoms with Crippen LogP contribution in [0.4, 0.5) is 0 Å². The van der Waals surface area contributed by atoms with Crippen molar-refractivity contribution in [3.63, 3.8) is 0 Å². The van der Waals surface area contributed by atoms with E-state index in [9.17, 15) is 14.4 Å². The van der Waals surface area contributed by atoms with E-state index >= 15 is 0 Å². The normalized spacial score (nSPS) is 20.9. The Labute approximate surface area is 157 Å². The summed E-state index contributed by atoms with van der Waals surface area (Å²) in [6.07, 6.45) is 2.95. The molecule has 3 rings (SSSR count). The van der Waals surface area contributed by atoms with Crippen LogP contribution in [0.5, 0.6) is 0 Å². The van der Waals surface area contributed by atoms with E-state index in [1.807, 2.05) is 20.6 Å². The number of likely N-dealkylation sites (tertiary alicyclic amines) is 1. The summed E-state index contributed by atoms with van der Waals surface area (Å²) in [4.78, 5) is 40.2. The van der Waals surface area contributed by atoms with Crippen molar-refractivity contribution in [3.05, 3.63) is 22.4 Å². The summed E-state index contributed by atoms with van der Waals surface area (Å²) >= 11 is 1.49. The van der Waals surface area contributed by atoms with Crippen LogP contribution >= 0.6 is 11.3 Å². The Balaban J connectivity index is 1.40. The molecule has 3 heterocycles. The molecule has 0 aromatic carbocycles. The van der Waals surface area contributed by atoms with E-state index in [-0.39, 0.29) is 23.8 Å². The highest BCUT2D eigenvalue weighted by atomic mass is 32.1. The fraction of sp³-hybridized carbons (Fsp3) is 0.611. The summed E-state index contributed by atoms with van der Waals surface area (Å²) in [6, 6.07) is 1.93. The topological polar surface area (TPSA) is 81.8 Å². The molecule has 1 aromatic rings. The lowest BCUT2D eigenvalue weighted by molar-refractivity contribution is -0.140. The molecule has 0 spiro atoms. The van der Waals surface area contributed by atoms with Gasteiger partial charge in [-0.25, -0.2) is 0 Å². The summed E-state index contributed by atoms with van der Waals surface area (Å²) in [5.74, 6) is 0.155. The van der Waals surface area contributed by atoms with Gasteiger partial charge in [0.25, 0.3) is 5.91 Å². The van der Waals surface area contributed by atoms with Gasteiger partial charge in [0.2, 0.25) is 11.8 Å². The highest BCUT2D eigenvalue weighted by Gasteiger charge is 2.31. The highest BCUT2D eigenvalue weighted by Crippen LogP contribution is 2.18. The minimum Gasteiger partial charge on any atom is -0.352 e. The lowest BCUT2D eigenvalue weighted by Crippen LogP contribution is -2.57. The van der Waals surface area contributed by atoms with E-state index in [1.165, 1.54) is 11.3 Å². The van der Waals surface area contributed by atoms with E-state index in [2.05, 4.69) is 10.6 Å². The van der Waals surface area contributed by atoms with E-state index in [0.29, 0.717) is 38.0 Å². The number of nitrogens with one attached hydrogen (secondary N) is 2. The number of nitrogens with zero attached hydrogens (tertiary/aromatic N) is 2. The molecule has 3 amide bonds. The monoisotopic (exact) mass is 378 g/mol. The minimum atomic E-state index is -0.0889. The summed E-state index contributed by atoms with van der Waals surface area (Å²) in [5.41, 5.74) is 0.667. The molecule has 0 bridgehead atoms. The van der Waals surface area contributed by atoms with Gasteiger partial charge in [0.05, 0.1) is 6.54 Å². The first kappa shape index (κ1) is 18.8. The Morgan fingerprint density at radius 3 is 3.00 bits per heavy atom. The first-order valence-electron chi connectivity index (χ1n) is 9.23. The van der Waals surface area contributed by atoms with Crippen LogP contribution in [0.1, 0.15) is 36.0 Å². The third-order valence-electron chi connectivity index (χ3n) is 4.95. The van der Waals surface area contributed by atoms with Crippen molar-refractivity contribution >= 4 is 29.1 Å². The molecule has 2 saturated heterocycles. The molecule has 26 heavy (non-hydrogen) atoms. The zero-order valence-corrected chi connectivity index (χ0v) is 15.7. The number of amides is 3. The van der Waals surface area contributed by atoms with Crippen molar-refractivity contribution in [1.82, 2.24) is 20.4 Å². The Kier molecular flexibility index (Phi) is 6.62. The second kappa shape index (κ2) is 9.14. The van der Waals surface area contributed by atoms with Gasteiger partial charge < -0.3 is 20.4 Å². The Morgan fingerprint density at radius 1 is 1.35 bits per heavy atom. The van der Waals surface area contributed by atoms with E-state index in [0.717, 1.165) is 32.5 Å². The Bertz CT molecular complexity index is 634. The predicted molar refractivity (Wildman–Crippen MR) is 100 cm³/mol. The number of thiophene rings is 1. The third-order valence-corrected chi connectivity index (χ3v) is 5.64. The fourth-order valence-corrected chi connectivity index (χ4v) is 4.17. The maximum Gasteiger partial charge on any atom is 0.252 e. The lowest BCUT2D eigenvalue weighted by atomic mass is 10.0. The first-order valence-corrected chi connectivity index (χ1v) is 10.2. The fourth-order valence-electron chi connectivity index (χ4n) is 3.54. The highest BCUT2D eigenvalue weighted by molar-refractivity contribution is 7.08. The van der Waals surface area contributed by atoms with Crippen molar-refractivity contribution in [2.75, 3.05) is 39.3 Å². The number of carbonyl (C=O) groups excluding carboxylic acids is 3. The molecule has 0 saturated carbocycles. The van der Waals surface area contributed by atoms with Gasteiger partial charge in [-0.1, -0.05) is 0 Å². The third kappa shape index (κ3) is 4.82. The van der Waals surface area contributed by atoms with E-state index < -0.39 is 0 Å². The van der Waals surface area contributed by atoms with Crippen molar-refractivity contribution in [1.29, 1.82) is 0 Å². The van der Waals surface area contributed by atoms with Crippen LogP contribution < -0.4 is 10.6 Å². The van der Waals surface area contributed by atoms with Gasteiger partial charge in [-0.3, -0.25) is 14.4 Å². The van der Waals surface area contributed by atoms with Crippen molar-refractivity contribution < 1.29 is 14.4 Å². The molecule has 1 unspecified atom stereocenters. The SMILES string of the molecule is O=C(NCCCC(=O)N1CCCC(N2CCNCC2=O)C1)c1ccsc1. The molecule has 0 radical (unpaired) electrons. The Hall–Kier alpha value is -1.93. The summed E-state index contributed by atoms with van der Waals surface area (Å²) in [7, 11) is 0. The van der Waals surface area contributed by atoms with Crippen LogP contribution in [0.2, 0.25) is 0 Å². The molecule has 7 nitrogen and oxygen atoms in total. The molecule has 0 aliphatic carbocycles. The van der Waals surface area contributed by atoms with Gasteiger partial charge in [0, 0.05) is 56.1 Å². The summed E-state index contributed by atoms with van der Waals surface area (Å²) in [6.45, 7) is 3.82. The van der Waals surface area contributed by atoms with Gasteiger partial charge in [0.1, 0.15) is 0 Å². The van der Waals surface area contributed by atoms with Crippen LogP contribution in [0, 0.1) is 0 Å². The first-order chi connectivity index (χ1) is 12.6. The van der Waals surface area contributed by atoms with E-state index in [4.69, 9.17) is 0 Å². The molecule has 1 atom stereocenters. The number of piperidine rings is 1. The van der Waals surface area contributed by atoms with Crippen LogP contribution in [0.15, 0.2) is 16.8 Å². The molecule has 2 fully saturated rings. The standard InChI is InChI=1S/C18H26N4O3S/c23-16(4-1-6-20-18(25)14-5-10-26-13-14)21-8-2-3-15(12-21)22-9-7-19-11-17(22)24/h5,10,13,15,19H,1-4,6-9,11-12H2,(H,20,25). The van der Waals surface area contributed by atoms with Gasteiger partial charge in [-0.2, -0.15) is 11.3 Å².